The number of ether oxygens (including phenoxy) is 4. The lowest BCUT2D eigenvalue weighted by Crippen LogP contribution is -2.50. The van der Waals surface area contributed by atoms with Crippen LogP contribution in [-0.4, -0.2) is 53.3 Å². The maximum atomic E-state index is 15.7. The molecule has 10 nitrogen and oxygen atoms in total. The monoisotopic (exact) mass is 484 g/mol. The van der Waals surface area contributed by atoms with Crippen LogP contribution in [0.2, 0.25) is 0 Å². The van der Waals surface area contributed by atoms with Gasteiger partial charge in [0.25, 0.3) is 5.56 Å². The van der Waals surface area contributed by atoms with E-state index < -0.39 is 54.1 Å². The average molecular weight is 484 g/mol. The number of hydrogen-bond donors (Lipinski definition) is 1. The van der Waals surface area contributed by atoms with Gasteiger partial charge in [-0.2, -0.15) is 0 Å². The molecule has 1 aliphatic rings. The molecule has 1 aromatic heterocycles. The fourth-order valence-electron chi connectivity index (χ4n) is 3.64. The molecule has 0 bridgehead atoms. The van der Waals surface area contributed by atoms with Gasteiger partial charge in [-0.1, -0.05) is 36.4 Å². The molecule has 1 N–H and O–H groups in total. The molecule has 2 aromatic carbocycles. The van der Waals surface area contributed by atoms with Crippen molar-refractivity contribution in [2.45, 2.75) is 24.3 Å². The second kappa shape index (κ2) is 10.0. The summed E-state index contributed by atoms with van der Waals surface area (Å²) in [5.41, 5.74) is -1.29. The number of carbonyl (C=O) groups excluding carboxylic acids is 2. The van der Waals surface area contributed by atoms with Gasteiger partial charge >= 0.3 is 17.6 Å². The van der Waals surface area contributed by atoms with Crippen LogP contribution in [0.1, 0.15) is 26.9 Å². The first-order valence-corrected chi connectivity index (χ1v) is 10.5. The standard InChI is InChI=1S/C24H21FN2O8/c1-32-24(14-33-21(29)15-8-4-2-5-9-15)19(34-22(30)16-10-6-3-7-11-16)18(25)20(35-24)27-13-12-17(28)26-23(27)31/h2-13,18-20H,14H2,1H3,(H,26,28,31)/t18-,19+,20-,24-/m1/s1. The van der Waals surface area contributed by atoms with Gasteiger partial charge in [0.15, 0.2) is 18.5 Å². The number of methoxy groups -OCH3 is 1. The van der Waals surface area contributed by atoms with Gasteiger partial charge in [0, 0.05) is 19.4 Å². The molecule has 1 aliphatic heterocycles. The number of hydrogen-bond acceptors (Lipinski definition) is 8. The van der Waals surface area contributed by atoms with Crippen molar-refractivity contribution in [3.63, 3.8) is 0 Å². The van der Waals surface area contributed by atoms with Crippen LogP contribution in [0, 0.1) is 0 Å². The Morgan fingerprint density at radius 1 is 1.00 bits per heavy atom. The fourth-order valence-corrected chi connectivity index (χ4v) is 3.64. The van der Waals surface area contributed by atoms with Crippen LogP contribution in [0.25, 0.3) is 0 Å². The molecular weight excluding hydrogens is 463 g/mol. The molecule has 4 rings (SSSR count). The predicted molar refractivity (Wildman–Crippen MR) is 118 cm³/mol. The lowest BCUT2D eigenvalue weighted by molar-refractivity contribution is -0.269. The first-order chi connectivity index (χ1) is 16.8. The minimum atomic E-state index is -2.14. The summed E-state index contributed by atoms with van der Waals surface area (Å²) < 4.78 is 38.4. The van der Waals surface area contributed by atoms with E-state index in [4.69, 9.17) is 18.9 Å². The Bertz CT molecular complexity index is 1310. The highest BCUT2D eigenvalue weighted by molar-refractivity contribution is 5.90. The van der Waals surface area contributed by atoms with E-state index in [9.17, 15) is 19.2 Å². The van der Waals surface area contributed by atoms with Gasteiger partial charge in [0.2, 0.25) is 5.79 Å². The topological polar surface area (TPSA) is 126 Å². The zero-order chi connectivity index (χ0) is 25.0. The maximum absolute atomic E-state index is 15.7. The molecule has 2 heterocycles. The molecule has 35 heavy (non-hydrogen) atoms. The lowest BCUT2D eigenvalue weighted by atomic mass is 10.1. The zero-order valence-electron chi connectivity index (χ0n) is 18.5. The van der Waals surface area contributed by atoms with Crippen molar-refractivity contribution in [1.29, 1.82) is 0 Å². The smallest absolute Gasteiger partial charge is 0.338 e. The minimum absolute atomic E-state index is 0.135. The molecule has 1 fully saturated rings. The van der Waals surface area contributed by atoms with Gasteiger partial charge < -0.3 is 18.9 Å². The number of H-pyrrole nitrogens is 1. The van der Waals surface area contributed by atoms with E-state index in [1.807, 2.05) is 4.98 Å². The summed E-state index contributed by atoms with van der Waals surface area (Å²) in [6.45, 7) is -0.668. The summed E-state index contributed by atoms with van der Waals surface area (Å²) in [6.07, 6.45) is -4.51. The third-order valence-corrected chi connectivity index (χ3v) is 5.44. The number of aromatic amines is 1. The molecule has 0 unspecified atom stereocenters. The molecule has 11 heteroatoms. The van der Waals surface area contributed by atoms with Crippen LogP contribution in [0.4, 0.5) is 4.39 Å². The van der Waals surface area contributed by atoms with Crippen LogP contribution in [-0.2, 0) is 18.9 Å². The van der Waals surface area contributed by atoms with Gasteiger partial charge in [0.1, 0.15) is 6.61 Å². The van der Waals surface area contributed by atoms with E-state index in [1.165, 1.54) is 24.3 Å². The normalized spacial score (nSPS) is 23.5. The fraction of sp³-hybridized carbons (Fsp3) is 0.250. The van der Waals surface area contributed by atoms with Crippen molar-refractivity contribution in [3.8, 4) is 0 Å². The Kier molecular flexibility index (Phi) is 6.90. The Balaban J connectivity index is 1.66. The van der Waals surface area contributed by atoms with Crippen molar-refractivity contribution in [3.05, 3.63) is 105 Å². The predicted octanol–water partition coefficient (Wildman–Crippen LogP) is 1.83. The quantitative estimate of drug-likeness (QED) is 0.504. The van der Waals surface area contributed by atoms with Crippen LogP contribution in [0.5, 0.6) is 0 Å². The highest BCUT2D eigenvalue weighted by atomic mass is 19.1. The van der Waals surface area contributed by atoms with Crippen molar-refractivity contribution in [1.82, 2.24) is 9.55 Å². The highest BCUT2D eigenvalue weighted by Gasteiger charge is 2.61. The molecule has 182 valence electrons. The molecule has 4 atom stereocenters. The summed E-state index contributed by atoms with van der Waals surface area (Å²) in [6, 6.07) is 16.9. The van der Waals surface area contributed by atoms with E-state index in [0.29, 0.717) is 0 Å². The lowest BCUT2D eigenvalue weighted by Gasteiger charge is -2.31. The van der Waals surface area contributed by atoms with Gasteiger partial charge in [0.05, 0.1) is 11.1 Å². The summed E-state index contributed by atoms with van der Waals surface area (Å²) in [7, 11) is 1.16. The van der Waals surface area contributed by atoms with E-state index in [-0.39, 0.29) is 11.1 Å². The van der Waals surface area contributed by atoms with Gasteiger partial charge in [-0.15, -0.1) is 0 Å². The van der Waals surface area contributed by atoms with Gasteiger partial charge in [-0.05, 0) is 24.3 Å². The Morgan fingerprint density at radius 2 is 1.60 bits per heavy atom. The van der Waals surface area contributed by atoms with Crippen molar-refractivity contribution in [2.24, 2.45) is 0 Å². The second-order valence-electron chi connectivity index (χ2n) is 7.62. The van der Waals surface area contributed by atoms with Crippen LogP contribution < -0.4 is 11.2 Å². The summed E-state index contributed by atoms with van der Waals surface area (Å²) in [4.78, 5) is 51.0. The minimum Gasteiger partial charge on any atom is -0.456 e. The molecule has 0 saturated carbocycles. The molecule has 1 saturated heterocycles. The summed E-state index contributed by atoms with van der Waals surface area (Å²) in [5.74, 6) is -3.74. The van der Waals surface area contributed by atoms with Crippen LogP contribution in [0.15, 0.2) is 82.5 Å². The third-order valence-electron chi connectivity index (χ3n) is 5.44. The largest absolute Gasteiger partial charge is 0.456 e. The Labute approximate surface area is 197 Å². The molecule has 3 aromatic rings. The zero-order valence-corrected chi connectivity index (χ0v) is 18.5. The van der Waals surface area contributed by atoms with Crippen LogP contribution in [0.3, 0.4) is 0 Å². The SMILES string of the molecule is CO[C@]1(COC(=O)c2ccccc2)O[C@@H](n2ccc(=O)[nH]c2=O)[C@H](F)[C@@H]1OC(=O)c1ccccc1. The number of nitrogens with zero attached hydrogens (tertiary/aromatic N) is 1. The first kappa shape index (κ1) is 24.0. The van der Waals surface area contributed by atoms with Crippen LogP contribution >= 0.6 is 0 Å². The van der Waals surface area contributed by atoms with Crippen molar-refractivity contribution < 1.29 is 32.9 Å². The third kappa shape index (κ3) is 4.91. The molecule has 0 amide bonds. The van der Waals surface area contributed by atoms with E-state index in [2.05, 4.69) is 0 Å². The number of esters is 2. The number of alkyl halides is 1. The van der Waals surface area contributed by atoms with E-state index >= 15 is 4.39 Å². The summed E-state index contributed by atoms with van der Waals surface area (Å²) >= 11 is 0. The molecular formula is C24H21FN2O8. The van der Waals surface area contributed by atoms with E-state index in [0.717, 1.165) is 23.9 Å². The van der Waals surface area contributed by atoms with Gasteiger partial charge in [-0.3, -0.25) is 14.3 Å². The summed E-state index contributed by atoms with van der Waals surface area (Å²) in [5, 5.41) is 0. The number of rotatable bonds is 7. The van der Waals surface area contributed by atoms with Crippen molar-refractivity contribution >= 4 is 11.9 Å². The number of halogens is 1. The first-order valence-electron chi connectivity index (χ1n) is 10.5. The Morgan fingerprint density at radius 3 is 2.17 bits per heavy atom. The molecule has 0 radical (unpaired) electrons. The number of carbonyl (C=O) groups is 2. The number of nitrogens with one attached hydrogen (secondary N) is 1. The number of aromatic nitrogens is 2. The van der Waals surface area contributed by atoms with Gasteiger partial charge in [-0.25, -0.2) is 18.8 Å². The Hall–Kier alpha value is -4.09. The highest BCUT2D eigenvalue weighted by Crippen LogP contribution is 2.41. The molecule has 0 aliphatic carbocycles. The molecule has 0 spiro atoms. The van der Waals surface area contributed by atoms with Crippen molar-refractivity contribution in [2.75, 3.05) is 13.7 Å². The average Bonchev–Trinajstić information content (AvgIpc) is 3.15. The second-order valence-corrected chi connectivity index (χ2v) is 7.62. The number of benzene rings is 2. The maximum Gasteiger partial charge on any atom is 0.338 e. The van der Waals surface area contributed by atoms with E-state index in [1.54, 1.807) is 36.4 Å².